The van der Waals surface area contributed by atoms with Crippen molar-refractivity contribution in [3.8, 4) is 0 Å². The average molecular weight is 300 g/mol. The summed E-state index contributed by atoms with van der Waals surface area (Å²) in [5.41, 5.74) is 1.08. The number of hydrogen-bond donors (Lipinski definition) is 0. The normalized spacial score (nSPS) is 12.9. The lowest BCUT2D eigenvalue weighted by atomic mass is 10.3. The van der Waals surface area contributed by atoms with E-state index in [9.17, 15) is 4.79 Å². The van der Waals surface area contributed by atoms with Crippen molar-refractivity contribution in [3.63, 3.8) is 0 Å². The molecule has 1 rings (SSSR count). The zero-order valence-electron chi connectivity index (χ0n) is 10.9. The summed E-state index contributed by atoms with van der Waals surface area (Å²) >= 11 is 7.35. The second-order valence-electron chi connectivity index (χ2n) is 3.52. The highest BCUT2D eigenvalue weighted by atomic mass is 35.5. The molecule has 0 fully saturated rings. The Balaban J connectivity index is 3.07. The van der Waals surface area contributed by atoms with Crippen LogP contribution < -0.4 is 0 Å². The van der Waals surface area contributed by atoms with Gasteiger partial charge in [0, 0.05) is 11.1 Å². The fourth-order valence-corrected chi connectivity index (χ4v) is 2.01. The number of thiazole rings is 1. The Labute approximate surface area is 120 Å². The first kappa shape index (κ1) is 15.5. The summed E-state index contributed by atoms with van der Waals surface area (Å²) in [5.74, 6) is -0.221. The van der Waals surface area contributed by atoms with Gasteiger partial charge in [0.25, 0.3) is 0 Å². The molecule has 0 unspecified atom stereocenters. The third-order valence-corrected chi connectivity index (χ3v) is 3.38. The highest BCUT2D eigenvalue weighted by Crippen LogP contribution is 2.17. The predicted molar refractivity (Wildman–Crippen MR) is 78.1 cm³/mol. The minimum atomic E-state index is -0.505. The van der Waals surface area contributed by atoms with Crippen LogP contribution in [0.5, 0.6) is 0 Å². The van der Waals surface area contributed by atoms with E-state index in [0.29, 0.717) is 5.01 Å². The van der Waals surface area contributed by atoms with Crippen LogP contribution in [0.1, 0.15) is 24.5 Å². The van der Waals surface area contributed by atoms with Crippen LogP contribution in [0, 0.1) is 6.92 Å². The number of aryl methyl sites for hydroxylation is 1. The first-order chi connectivity index (χ1) is 8.99. The van der Waals surface area contributed by atoms with Gasteiger partial charge in [-0.25, -0.2) is 19.8 Å². The number of esters is 1. The number of carbonyl (C=O) groups excluding carboxylic acids is 1. The van der Waals surface area contributed by atoms with E-state index in [-0.39, 0.29) is 23.2 Å². The Morgan fingerprint density at radius 1 is 1.63 bits per heavy atom. The maximum atomic E-state index is 11.5. The van der Waals surface area contributed by atoms with Crippen LogP contribution >= 0.6 is 22.9 Å². The van der Waals surface area contributed by atoms with Gasteiger partial charge in [-0.2, -0.15) is 0 Å². The second kappa shape index (κ2) is 7.16. The first-order valence-electron chi connectivity index (χ1n) is 5.51. The summed E-state index contributed by atoms with van der Waals surface area (Å²) < 4.78 is 4.84. The maximum absolute atomic E-state index is 11.5. The maximum Gasteiger partial charge on any atom is 0.336 e. The van der Waals surface area contributed by atoms with Crippen LogP contribution in [-0.4, -0.2) is 30.1 Å². The molecule has 0 bridgehead atoms. The monoisotopic (exact) mass is 299 g/mol. The Morgan fingerprint density at radius 3 is 2.79 bits per heavy atom. The molecule has 0 N–H and O–H groups in total. The van der Waals surface area contributed by atoms with Crippen LogP contribution in [0.4, 0.5) is 0 Å². The van der Waals surface area contributed by atoms with Crippen LogP contribution in [0.2, 0.25) is 0 Å². The summed E-state index contributed by atoms with van der Waals surface area (Å²) in [6, 6.07) is 0. The molecule has 0 radical (unpaired) electrons. The van der Waals surface area contributed by atoms with E-state index < -0.39 is 5.97 Å². The van der Waals surface area contributed by atoms with E-state index in [1.165, 1.54) is 18.3 Å². The molecule has 1 aromatic heterocycles. The van der Waals surface area contributed by atoms with E-state index in [4.69, 9.17) is 16.3 Å². The fraction of sp³-hybridized carbons (Fsp3) is 0.333. The summed E-state index contributed by atoms with van der Waals surface area (Å²) in [5, 5.41) is 2.49. The van der Waals surface area contributed by atoms with Crippen molar-refractivity contribution < 1.29 is 9.53 Å². The molecule has 0 spiro atoms. The topological polar surface area (TPSA) is 63.9 Å². The molecule has 19 heavy (non-hydrogen) atoms. The number of aliphatic imine (C=N–C) groups is 2. The molecule has 0 saturated heterocycles. The molecule has 0 aromatic carbocycles. The molecule has 1 heterocycles. The van der Waals surface area contributed by atoms with Crippen LogP contribution in [0.3, 0.4) is 0 Å². The predicted octanol–water partition coefficient (Wildman–Crippen LogP) is 2.93. The Bertz CT molecular complexity index is 549. The van der Waals surface area contributed by atoms with Crippen LogP contribution in [0.25, 0.3) is 0 Å². The van der Waals surface area contributed by atoms with E-state index in [1.807, 2.05) is 12.3 Å². The molecular formula is C12H14ClN3O2S. The van der Waals surface area contributed by atoms with Gasteiger partial charge < -0.3 is 4.74 Å². The van der Waals surface area contributed by atoms with Crippen molar-refractivity contribution in [3.05, 3.63) is 26.8 Å². The summed E-state index contributed by atoms with van der Waals surface area (Å²) in [6.45, 7) is 8.83. The standard InChI is InChI=1S/C12H14ClN3O2S/c1-5-18-12(17)8(3)9(13)16-10(14-4)11-15-7(2)6-19-11/h6H,4-5H2,1-3H3/b9-8+,16-10?. The van der Waals surface area contributed by atoms with E-state index >= 15 is 0 Å². The van der Waals surface area contributed by atoms with Gasteiger partial charge >= 0.3 is 5.97 Å². The van der Waals surface area contributed by atoms with Crippen molar-refractivity contribution in [2.45, 2.75) is 20.8 Å². The molecule has 0 atom stereocenters. The Hall–Kier alpha value is -1.53. The zero-order valence-corrected chi connectivity index (χ0v) is 12.5. The molecule has 5 nitrogen and oxygen atoms in total. The third kappa shape index (κ3) is 4.25. The Kier molecular flexibility index (Phi) is 5.85. The molecule has 0 amide bonds. The summed E-state index contributed by atoms with van der Waals surface area (Å²) in [6.07, 6.45) is 0. The van der Waals surface area contributed by atoms with Gasteiger partial charge in [-0.15, -0.1) is 11.3 Å². The lowest BCUT2D eigenvalue weighted by Crippen LogP contribution is -2.06. The average Bonchev–Trinajstić information content (AvgIpc) is 2.81. The lowest BCUT2D eigenvalue weighted by Gasteiger charge is -2.02. The van der Waals surface area contributed by atoms with Crippen molar-refractivity contribution in [1.29, 1.82) is 0 Å². The van der Waals surface area contributed by atoms with E-state index in [2.05, 4.69) is 21.7 Å². The van der Waals surface area contributed by atoms with Gasteiger partial charge in [0.1, 0.15) is 5.16 Å². The van der Waals surface area contributed by atoms with Crippen molar-refractivity contribution in [1.82, 2.24) is 4.98 Å². The van der Waals surface area contributed by atoms with Crippen molar-refractivity contribution in [2.75, 3.05) is 6.61 Å². The Morgan fingerprint density at radius 2 is 2.32 bits per heavy atom. The SMILES string of the molecule is C=NC(=N/C(Cl)=C(\C)C(=O)OCC)c1nc(C)cs1. The van der Waals surface area contributed by atoms with Crippen LogP contribution in [0.15, 0.2) is 26.1 Å². The number of amidine groups is 1. The number of nitrogens with zero attached hydrogens (tertiary/aromatic N) is 3. The molecule has 0 saturated carbocycles. The first-order valence-corrected chi connectivity index (χ1v) is 6.76. The van der Waals surface area contributed by atoms with Crippen molar-refractivity contribution in [2.24, 2.45) is 9.98 Å². The molecule has 0 aliphatic carbocycles. The summed E-state index contributed by atoms with van der Waals surface area (Å²) in [7, 11) is 0. The highest BCUT2D eigenvalue weighted by Gasteiger charge is 2.12. The van der Waals surface area contributed by atoms with Gasteiger partial charge in [0.15, 0.2) is 10.8 Å². The largest absolute Gasteiger partial charge is 0.463 e. The van der Waals surface area contributed by atoms with Gasteiger partial charge in [0.2, 0.25) is 0 Å². The van der Waals surface area contributed by atoms with Gasteiger partial charge in [-0.05, 0) is 27.5 Å². The zero-order chi connectivity index (χ0) is 14.4. The smallest absolute Gasteiger partial charge is 0.336 e. The summed E-state index contributed by atoms with van der Waals surface area (Å²) in [4.78, 5) is 23.6. The van der Waals surface area contributed by atoms with Gasteiger partial charge in [-0.3, -0.25) is 0 Å². The number of carbonyl (C=O) groups is 1. The molecule has 7 heteroatoms. The third-order valence-electron chi connectivity index (χ3n) is 2.06. The molecular weight excluding hydrogens is 286 g/mol. The number of aromatic nitrogens is 1. The quantitative estimate of drug-likeness (QED) is 0.282. The van der Waals surface area contributed by atoms with Crippen LogP contribution in [-0.2, 0) is 9.53 Å². The van der Waals surface area contributed by atoms with Crippen molar-refractivity contribution >= 4 is 41.5 Å². The number of rotatable bonds is 4. The minimum absolute atomic E-state index is 0.0219. The molecule has 102 valence electrons. The molecule has 0 aliphatic heterocycles. The van der Waals surface area contributed by atoms with E-state index in [1.54, 1.807) is 6.92 Å². The number of halogens is 1. The van der Waals surface area contributed by atoms with Gasteiger partial charge in [-0.1, -0.05) is 11.6 Å². The highest BCUT2D eigenvalue weighted by molar-refractivity contribution is 7.11. The van der Waals surface area contributed by atoms with Gasteiger partial charge in [0.05, 0.1) is 12.2 Å². The number of ether oxygens (including phenoxy) is 1. The minimum Gasteiger partial charge on any atom is -0.463 e. The fourth-order valence-electron chi connectivity index (χ4n) is 1.11. The number of hydrogen-bond acceptors (Lipinski definition) is 5. The van der Waals surface area contributed by atoms with E-state index in [0.717, 1.165) is 5.69 Å². The molecule has 0 aliphatic rings. The lowest BCUT2D eigenvalue weighted by molar-refractivity contribution is -0.138. The second-order valence-corrected chi connectivity index (χ2v) is 4.74. The molecule has 1 aromatic rings.